The Morgan fingerprint density at radius 2 is 2.00 bits per heavy atom. The standard InChI is InChI=1S/C21H28FN2O2P.C7H8ClN/c1-15-10-17-11-19(23-12-15)21(25-14-17)6-8-24(9-7-21)13-16-2-4-18(5-3-16)26-20(22)27;1-2-7-5-6(8)3-4-9-7/h2-5,10,15,20H,6-9,11-14,27H2,1H3;3-5H,2H2,1H3. The first-order valence-electron chi connectivity index (χ1n) is 12.7. The zero-order chi connectivity index (χ0) is 25.5. The van der Waals surface area contributed by atoms with E-state index in [0.29, 0.717) is 11.7 Å². The van der Waals surface area contributed by atoms with Crippen LogP contribution >= 0.6 is 20.8 Å². The summed E-state index contributed by atoms with van der Waals surface area (Å²) in [4.78, 5) is 11.5. The zero-order valence-electron chi connectivity index (χ0n) is 21.1. The molecule has 0 amide bonds. The minimum atomic E-state index is -1.37. The maximum Gasteiger partial charge on any atom is 0.249 e. The molecule has 0 radical (unpaired) electrons. The topological polar surface area (TPSA) is 47.0 Å². The number of alkyl halides is 1. The number of benzene rings is 1. The number of nitrogens with zero attached hydrogens (tertiary/aromatic N) is 3. The maximum atomic E-state index is 12.9. The fraction of sp³-hybridized carbons (Fsp3) is 0.500. The highest BCUT2D eigenvalue weighted by Gasteiger charge is 2.43. The number of pyridine rings is 1. The van der Waals surface area contributed by atoms with E-state index in [0.717, 1.165) is 69.2 Å². The Labute approximate surface area is 221 Å². The molecule has 4 heterocycles. The first-order chi connectivity index (χ1) is 17.3. The van der Waals surface area contributed by atoms with Gasteiger partial charge in [0.15, 0.2) is 0 Å². The quantitative estimate of drug-likeness (QED) is 0.337. The normalized spacial score (nSPS) is 22.0. The molecule has 5 rings (SSSR count). The van der Waals surface area contributed by atoms with Crippen molar-refractivity contribution in [3.05, 3.63) is 70.5 Å². The van der Waals surface area contributed by atoms with Crippen molar-refractivity contribution < 1.29 is 13.9 Å². The molecular weight excluding hydrogens is 496 g/mol. The van der Waals surface area contributed by atoms with Gasteiger partial charge in [-0.25, -0.2) is 0 Å². The monoisotopic (exact) mass is 531 g/mol. The Hall–Kier alpha value is -1.85. The number of aliphatic imine (C=N–C) groups is 1. The predicted octanol–water partition coefficient (Wildman–Crippen LogP) is 6.26. The van der Waals surface area contributed by atoms with Gasteiger partial charge in [-0.2, -0.15) is 4.39 Å². The minimum Gasteiger partial charge on any atom is -0.457 e. The molecule has 194 valence electrons. The number of aryl methyl sites for hydroxylation is 1. The molecule has 36 heavy (non-hydrogen) atoms. The minimum absolute atomic E-state index is 0.148. The van der Waals surface area contributed by atoms with Crippen molar-refractivity contribution in [1.82, 2.24) is 9.88 Å². The van der Waals surface area contributed by atoms with Crippen molar-refractivity contribution in [2.45, 2.75) is 57.8 Å². The van der Waals surface area contributed by atoms with Crippen LogP contribution < -0.4 is 4.74 Å². The number of fused-ring (bicyclic) bond motifs is 3. The van der Waals surface area contributed by atoms with E-state index >= 15 is 0 Å². The molecule has 5 nitrogen and oxygen atoms in total. The summed E-state index contributed by atoms with van der Waals surface area (Å²) in [5.74, 6) is 1.07. The number of hydrogen-bond donors (Lipinski definition) is 0. The fourth-order valence-corrected chi connectivity index (χ4v) is 5.31. The van der Waals surface area contributed by atoms with Crippen LogP contribution in [0.25, 0.3) is 0 Å². The number of halogens is 2. The third-order valence-electron chi connectivity index (χ3n) is 6.93. The lowest BCUT2D eigenvalue weighted by Crippen LogP contribution is -2.53. The number of likely N-dealkylation sites (tertiary alicyclic amines) is 1. The maximum absolute atomic E-state index is 12.9. The first kappa shape index (κ1) is 27.2. The van der Waals surface area contributed by atoms with Crippen LogP contribution in [0, 0.1) is 5.92 Å². The fourth-order valence-electron chi connectivity index (χ4n) is 4.97. The Balaban J connectivity index is 0.000000286. The second-order valence-corrected chi connectivity index (χ2v) is 10.7. The van der Waals surface area contributed by atoms with Gasteiger partial charge in [-0.1, -0.05) is 52.9 Å². The highest BCUT2D eigenvalue weighted by atomic mass is 35.5. The van der Waals surface area contributed by atoms with Crippen molar-refractivity contribution in [3.63, 3.8) is 0 Å². The molecule has 0 aliphatic carbocycles. The van der Waals surface area contributed by atoms with Gasteiger partial charge < -0.3 is 9.47 Å². The molecule has 2 bridgehead atoms. The molecule has 0 N–H and O–H groups in total. The van der Waals surface area contributed by atoms with Crippen molar-refractivity contribution in [3.8, 4) is 5.75 Å². The predicted molar refractivity (Wildman–Crippen MR) is 148 cm³/mol. The second kappa shape index (κ2) is 12.6. The lowest BCUT2D eigenvalue weighted by molar-refractivity contribution is -0.0350. The van der Waals surface area contributed by atoms with Gasteiger partial charge in [0.1, 0.15) is 11.4 Å². The number of ether oxygens (including phenoxy) is 2. The van der Waals surface area contributed by atoms with Gasteiger partial charge in [0.25, 0.3) is 0 Å². The average molecular weight is 532 g/mol. The van der Waals surface area contributed by atoms with Crippen molar-refractivity contribution in [1.29, 1.82) is 0 Å². The van der Waals surface area contributed by atoms with Crippen LogP contribution in [0.1, 0.15) is 44.4 Å². The Bertz CT molecular complexity index is 1070. The summed E-state index contributed by atoms with van der Waals surface area (Å²) in [5, 5.41) is 0.766. The highest BCUT2D eigenvalue weighted by Crippen LogP contribution is 2.37. The second-order valence-electron chi connectivity index (χ2n) is 9.76. The van der Waals surface area contributed by atoms with Crippen LogP contribution in [0.15, 0.2) is 59.2 Å². The molecule has 3 aliphatic rings. The lowest BCUT2D eigenvalue weighted by atomic mass is 9.81. The molecule has 8 heteroatoms. The largest absolute Gasteiger partial charge is 0.457 e. The molecular formula is C28H36ClFN3O2P. The summed E-state index contributed by atoms with van der Waals surface area (Å²) in [6.45, 7) is 8.84. The number of hydrogen-bond acceptors (Lipinski definition) is 5. The van der Waals surface area contributed by atoms with Crippen molar-refractivity contribution >= 4 is 26.6 Å². The molecule has 3 unspecified atom stereocenters. The van der Waals surface area contributed by atoms with Gasteiger partial charge in [0, 0.05) is 55.2 Å². The Kier molecular flexibility index (Phi) is 9.52. The summed E-state index contributed by atoms with van der Waals surface area (Å²) in [5.41, 5.74) is 4.78. The molecule has 1 aromatic carbocycles. The summed E-state index contributed by atoms with van der Waals surface area (Å²) >= 11 is 5.68. The third kappa shape index (κ3) is 7.35. The van der Waals surface area contributed by atoms with Gasteiger partial charge in [-0.15, -0.1) is 0 Å². The molecule has 3 atom stereocenters. The SMILES string of the molecule is CC1C=C2COC3(CCN(Cc4ccc(OC(F)P)cc4)CC3)C(=NC1)C2.CCc1cc(Cl)ccn1. The van der Waals surface area contributed by atoms with Gasteiger partial charge in [0.05, 0.1) is 6.61 Å². The van der Waals surface area contributed by atoms with E-state index in [2.05, 4.69) is 29.8 Å². The molecule has 1 spiro atoms. The first-order valence-corrected chi connectivity index (χ1v) is 13.7. The van der Waals surface area contributed by atoms with Crippen LogP contribution in [-0.2, 0) is 17.7 Å². The Morgan fingerprint density at radius 1 is 1.25 bits per heavy atom. The third-order valence-corrected chi connectivity index (χ3v) is 7.30. The van der Waals surface area contributed by atoms with Crippen LogP contribution in [0.3, 0.4) is 0 Å². The smallest absolute Gasteiger partial charge is 0.249 e. The summed E-state index contributed by atoms with van der Waals surface area (Å²) < 4.78 is 24.3. The average Bonchev–Trinajstić information content (AvgIpc) is 3.03. The molecule has 0 saturated carbocycles. The lowest BCUT2D eigenvalue weighted by Gasteiger charge is -2.45. The molecule has 2 saturated heterocycles. The summed E-state index contributed by atoms with van der Waals surface area (Å²) in [7, 11) is 1.99. The summed E-state index contributed by atoms with van der Waals surface area (Å²) in [6, 6.07) is 11.3. The van der Waals surface area contributed by atoms with Crippen molar-refractivity contribution in [2.75, 3.05) is 26.2 Å². The van der Waals surface area contributed by atoms with Gasteiger partial charge in [0.2, 0.25) is 6.10 Å². The van der Waals surface area contributed by atoms with Gasteiger partial charge in [-0.3, -0.25) is 14.9 Å². The zero-order valence-corrected chi connectivity index (χ0v) is 23.0. The highest BCUT2D eigenvalue weighted by molar-refractivity contribution is 7.16. The van der Waals surface area contributed by atoms with E-state index in [4.69, 9.17) is 26.1 Å². The van der Waals surface area contributed by atoms with E-state index < -0.39 is 6.10 Å². The van der Waals surface area contributed by atoms with Crippen LogP contribution in [0.5, 0.6) is 5.75 Å². The van der Waals surface area contributed by atoms with E-state index in [1.165, 1.54) is 16.8 Å². The number of aromatic nitrogens is 1. The van der Waals surface area contributed by atoms with E-state index in [-0.39, 0.29) is 5.60 Å². The Morgan fingerprint density at radius 3 is 2.64 bits per heavy atom. The van der Waals surface area contributed by atoms with Gasteiger partial charge in [-0.05, 0) is 60.6 Å². The van der Waals surface area contributed by atoms with Crippen LogP contribution in [0.4, 0.5) is 4.39 Å². The number of piperidine rings is 1. The number of rotatable bonds is 5. The van der Waals surface area contributed by atoms with Gasteiger partial charge >= 0.3 is 0 Å². The van der Waals surface area contributed by atoms with E-state index in [9.17, 15) is 4.39 Å². The molecule has 2 fully saturated rings. The van der Waals surface area contributed by atoms with E-state index in [1.54, 1.807) is 12.3 Å². The molecule has 3 aliphatic heterocycles. The van der Waals surface area contributed by atoms with E-state index in [1.807, 2.05) is 39.6 Å². The summed E-state index contributed by atoms with van der Waals surface area (Å²) in [6.07, 6.45) is 6.65. The van der Waals surface area contributed by atoms with Crippen molar-refractivity contribution in [2.24, 2.45) is 10.9 Å². The molecule has 2 aromatic rings. The molecule has 1 aromatic heterocycles. The van der Waals surface area contributed by atoms with Crippen LogP contribution in [0.2, 0.25) is 5.02 Å². The van der Waals surface area contributed by atoms with Crippen LogP contribution in [-0.4, -0.2) is 53.5 Å².